The van der Waals surface area contributed by atoms with Crippen LogP contribution < -0.4 is 10.6 Å². The van der Waals surface area contributed by atoms with Gasteiger partial charge < -0.3 is 10.6 Å². The molecule has 1 aromatic heterocycles. The largest absolute Gasteiger partial charge is 0.355 e. The highest BCUT2D eigenvalue weighted by Crippen LogP contribution is 2.17. The summed E-state index contributed by atoms with van der Waals surface area (Å²) in [6.07, 6.45) is 2.81. The average molecular weight is 255 g/mol. The third kappa shape index (κ3) is 3.55. The molecule has 0 amide bonds. The first-order chi connectivity index (χ1) is 9.20. The van der Waals surface area contributed by atoms with Gasteiger partial charge in [0.05, 0.1) is 0 Å². The van der Waals surface area contributed by atoms with Crippen LogP contribution in [0.5, 0.6) is 0 Å². The van der Waals surface area contributed by atoms with Gasteiger partial charge in [0.15, 0.2) is 0 Å². The van der Waals surface area contributed by atoms with Gasteiger partial charge in [-0.1, -0.05) is 43.3 Å². The van der Waals surface area contributed by atoms with Crippen LogP contribution in [0.15, 0.2) is 48.7 Å². The molecule has 0 radical (unpaired) electrons. The number of nitrogens with zero attached hydrogens (tertiary/aromatic N) is 2. The first-order valence-corrected chi connectivity index (χ1v) is 6.67. The van der Waals surface area contributed by atoms with Crippen molar-refractivity contribution in [2.24, 2.45) is 5.73 Å². The maximum absolute atomic E-state index is 5.99. The Labute approximate surface area is 115 Å². The quantitative estimate of drug-likeness (QED) is 0.892. The lowest BCUT2D eigenvalue weighted by molar-refractivity contribution is 0.694. The maximum atomic E-state index is 5.99. The Bertz CT molecular complexity index is 493. The number of benzene rings is 1. The van der Waals surface area contributed by atoms with E-state index in [1.54, 1.807) is 0 Å². The standard InChI is InChI=1S/C16H21N3/c1-3-15(17)14-9-10-16(18-11-14)19(2)12-13-7-5-4-6-8-13/h4-11,15H,3,12,17H2,1-2H3/t15-/m0/s1. The van der Waals surface area contributed by atoms with Gasteiger partial charge in [-0.3, -0.25) is 0 Å². The van der Waals surface area contributed by atoms with Gasteiger partial charge in [0, 0.05) is 25.8 Å². The lowest BCUT2D eigenvalue weighted by atomic mass is 10.1. The van der Waals surface area contributed by atoms with Crippen molar-refractivity contribution in [3.05, 3.63) is 59.8 Å². The van der Waals surface area contributed by atoms with Crippen LogP contribution in [-0.2, 0) is 6.54 Å². The fraction of sp³-hybridized carbons (Fsp3) is 0.312. The Kier molecular flexibility index (Phi) is 4.53. The molecule has 1 atom stereocenters. The molecule has 19 heavy (non-hydrogen) atoms. The molecule has 1 aromatic carbocycles. The molecular formula is C16H21N3. The minimum Gasteiger partial charge on any atom is -0.355 e. The highest BCUT2D eigenvalue weighted by molar-refractivity contribution is 5.40. The van der Waals surface area contributed by atoms with Crippen molar-refractivity contribution in [2.75, 3.05) is 11.9 Å². The number of aromatic nitrogens is 1. The minimum atomic E-state index is 0.0842. The van der Waals surface area contributed by atoms with Gasteiger partial charge in [-0.05, 0) is 23.6 Å². The molecule has 100 valence electrons. The van der Waals surface area contributed by atoms with E-state index in [0.29, 0.717) is 0 Å². The van der Waals surface area contributed by atoms with E-state index >= 15 is 0 Å². The van der Waals surface area contributed by atoms with Crippen molar-refractivity contribution >= 4 is 5.82 Å². The Morgan fingerprint density at radius 2 is 1.89 bits per heavy atom. The number of pyridine rings is 1. The van der Waals surface area contributed by atoms with Gasteiger partial charge in [0.25, 0.3) is 0 Å². The predicted molar refractivity (Wildman–Crippen MR) is 80.0 cm³/mol. The van der Waals surface area contributed by atoms with E-state index < -0.39 is 0 Å². The molecular weight excluding hydrogens is 234 g/mol. The highest BCUT2D eigenvalue weighted by atomic mass is 15.2. The van der Waals surface area contributed by atoms with Crippen LogP contribution in [0.2, 0.25) is 0 Å². The molecule has 2 rings (SSSR count). The number of nitrogens with two attached hydrogens (primary N) is 1. The van der Waals surface area contributed by atoms with Crippen molar-refractivity contribution in [3.8, 4) is 0 Å². The van der Waals surface area contributed by atoms with E-state index in [2.05, 4.69) is 54.2 Å². The van der Waals surface area contributed by atoms with E-state index in [9.17, 15) is 0 Å². The van der Waals surface area contributed by atoms with Crippen LogP contribution in [0.3, 0.4) is 0 Å². The smallest absolute Gasteiger partial charge is 0.128 e. The summed E-state index contributed by atoms with van der Waals surface area (Å²) in [7, 11) is 2.05. The molecule has 0 aliphatic carbocycles. The van der Waals surface area contributed by atoms with Crippen molar-refractivity contribution in [2.45, 2.75) is 25.9 Å². The Morgan fingerprint density at radius 3 is 2.47 bits per heavy atom. The predicted octanol–water partition coefficient (Wildman–Crippen LogP) is 3.13. The number of rotatable bonds is 5. The fourth-order valence-corrected chi connectivity index (χ4v) is 2.02. The van der Waals surface area contributed by atoms with E-state index in [-0.39, 0.29) is 6.04 Å². The zero-order chi connectivity index (χ0) is 13.7. The second kappa shape index (κ2) is 6.34. The maximum Gasteiger partial charge on any atom is 0.128 e. The monoisotopic (exact) mass is 255 g/mol. The normalized spacial score (nSPS) is 12.2. The van der Waals surface area contributed by atoms with Crippen LogP contribution in [0, 0.1) is 0 Å². The van der Waals surface area contributed by atoms with E-state index in [1.165, 1.54) is 5.56 Å². The second-order valence-corrected chi connectivity index (χ2v) is 4.81. The van der Waals surface area contributed by atoms with Crippen LogP contribution in [-0.4, -0.2) is 12.0 Å². The third-order valence-electron chi connectivity index (χ3n) is 3.29. The SMILES string of the molecule is CC[C@H](N)c1ccc(N(C)Cc2ccccc2)nc1. The first-order valence-electron chi connectivity index (χ1n) is 6.67. The highest BCUT2D eigenvalue weighted by Gasteiger charge is 2.06. The summed E-state index contributed by atoms with van der Waals surface area (Å²) in [5, 5.41) is 0. The molecule has 0 aliphatic heterocycles. The zero-order valence-electron chi connectivity index (χ0n) is 11.6. The van der Waals surface area contributed by atoms with E-state index in [1.807, 2.05) is 18.3 Å². The Hall–Kier alpha value is -1.87. The molecule has 0 aliphatic rings. The van der Waals surface area contributed by atoms with Gasteiger partial charge in [0.2, 0.25) is 0 Å². The van der Waals surface area contributed by atoms with Crippen molar-refractivity contribution < 1.29 is 0 Å². The average Bonchev–Trinajstić information content (AvgIpc) is 2.47. The zero-order valence-corrected chi connectivity index (χ0v) is 11.6. The van der Waals surface area contributed by atoms with Crippen molar-refractivity contribution in [1.82, 2.24) is 4.98 Å². The molecule has 0 fully saturated rings. The summed E-state index contributed by atoms with van der Waals surface area (Å²) in [5.41, 5.74) is 8.37. The molecule has 0 spiro atoms. The number of hydrogen-bond acceptors (Lipinski definition) is 3. The molecule has 2 aromatic rings. The fourth-order valence-electron chi connectivity index (χ4n) is 2.02. The van der Waals surface area contributed by atoms with Crippen LogP contribution in [0.25, 0.3) is 0 Å². The summed E-state index contributed by atoms with van der Waals surface area (Å²) in [6, 6.07) is 14.6. The molecule has 3 nitrogen and oxygen atoms in total. The molecule has 0 unspecified atom stereocenters. The summed E-state index contributed by atoms with van der Waals surface area (Å²) in [5.74, 6) is 0.968. The van der Waals surface area contributed by atoms with Crippen molar-refractivity contribution in [3.63, 3.8) is 0 Å². The molecule has 3 heteroatoms. The molecule has 0 saturated heterocycles. The van der Waals surface area contributed by atoms with Gasteiger partial charge in [0.1, 0.15) is 5.82 Å². The minimum absolute atomic E-state index is 0.0842. The molecule has 2 N–H and O–H groups in total. The van der Waals surface area contributed by atoms with Gasteiger partial charge in [-0.15, -0.1) is 0 Å². The first kappa shape index (κ1) is 13.6. The van der Waals surface area contributed by atoms with Gasteiger partial charge in [-0.2, -0.15) is 0 Å². The Balaban J connectivity index is 2.05. The van der Waals surface area contributed by atoms with Crippen molar-refractivity contribution in [1.29, 1.82) is 0 Å². The number of hydrogen-bond donors (Lipinski definition) is 1. The summed E-state index contributed by atoms with van der Waals surface area (Å²) < 4.78 is 0. The molecule has 1 heterocycles. The lowest BCUT2D eigenvalue weighted by Crippen LogP contribution is -2.18. The van der Waals surface area contributed by atoms with E-state index in [4.69, 9.17) is 5.73 Å². The molecule has 0 saturated carbocycles. The van der Waals surface area contributed by atoms with Crippen LogP contribution in [0.4, 0.5) is 5.82 Å². The van der Waals surface area contributed by atoms with Crippen LogP contribution in [0.1, 0.15) is 30.5 Å². The second-order valence-electron chi connectivity index (χ2n) is 4.81. The lowest BCUT2D eigenvalue weighted by Gasteiger charge is -2.19. The number of anilines is 1. The van der Waals surface area contributed by atoms with Gasteiger partial charge >= 0.3 is 0 Å². The summed E-state index contributed by atoms with van der Waals surface area (Å²) in [4.78, 5) is 6.63. The summed E-state index contributed by atoms with van der Waals surface area (Å²) >= 11 is 0. The van der Waals surface area contributed by atoms with Gasteiger partial charge in [-0.25, -0.2) is 4.98 Å². The third-order valence-corrected chi connectivity index (χ3v) is 3.29. The van der Waals surface area contributed by atoms with E-state index in [0.717, 1.165) is 24.3 Å². The van der Waals surface area contributed by atoms with Crippen LogP contribution >= 0.6 is 0 Å². The topological polar surface area (TPSA) is 42.1 Å². The summed E-state index contributed by atoms with van der Waals surface area (Å²) in [6.45, 7) is 2.94. The Morgan fingerprint density at radius 1 is 1.16 bits per heavy atom. The molecule has 0 bridgehead atoms.